The number of nitrogens with zero attached hydrogens (tertiary/aromatic N) is 2. The predicted octanol–water partition coefficient (Wildman–Crippen LogP) is 4.26. The molecule has 26 heavy (non-hydrogen) atoms. The summed E-state index contributed by atoms with van der Waals surface area (Å²) in [5.74, 6) is 0.267. The number of rotatable bonds is 6. The molecule has 6 heteroatoms. The third-order valence-corrected chi connectivity index (χ3v) is 4.36. The Morgan fingerprint density at radius 3 is 2.42 bits per heavy atom. The summed E-state index contributed by atoms with van der Waals surface area (Å²) in [4.78, 5) is 12.5. The van der Waals surface area contributed by atoms with E-state index >= 15 is 0 Å². The van der Waals surface area contributed by atoms with Crippen molar-refractivity contribution in [2.24, 2.45) is 0 Å². The zero-order chi connectivity index (χ0) is 18.5. The molecule has 0 saturated carbocycles. The fourth-order valence-electron chi connectivity index (χ4n) is 2.59. The van der Waals surface area contributed by atoms with Crippen LogP contribution in [0.2, 0.25) is 5.15 Å². The van der Waals surface area contributed by atoms with E-state index in [1.807, 2.05) is 54.6 Å². The molecular formula is C20H19ClN2O3. The third-order valence-electron chi connectivity index (χ3n) is 3.97. The van der Waals surface area contributed by atoms with Crippen LogP contribution in [0.25, 0.3) is 0 Å². The summed E-state index contributed by atoms with van der Waals surface area (Å²) in [6.07, 6.45) is 0. The predicted molar refractivity (Wildman–Crippen MR) is 99.6 cm³/mol. The first kappa shape index (κ1) is 18.0. The van der Waals surface area contributed by atoms with Crippen molar-refractivity contribution in [2.75, 3.05) is 7.11 Å². The lowest BCUT2D eigenvalue weighted by Crippen LogP contribution is -2.07. The molecule has 2 aromatic carbocycles. The molecule has 134 valence electrons. The average molecular weight is 371 g/mol. The van der Waals surface area contributed by atoms with Crippen LogP contribution in [0.3, 0.4) is 0 Å². The van der Waals surface area contributed by atoms with Crippen LogP contribution in [-0.2, 0) is 17.9 Å². The van der Waals surface area contributed by atoms with Crippen molar-refractivity contribution >= 4 is 17.6 Å². The summed E-state index contributed by atoms with van der Waals surface area (Å²) < 4.78 is 12.1. The van der Waals surface area contributed by atoms with E-state index in [2.05, 4.69) is 5.10 Å². The van der Waals surface area contributed by atoms with E-state index in [1.54, 1.807) is 18.7 Å². The van der Waals surface area contributed by atoms with Crippen LogP contribution < -0.4 is 4.74 Å². The van der Waals surface area contributed by atoms with Gasteiger partial charge in [-0.3, -0.25) is 0 Å². The van der Waals surface area contributed by atoms with Crippen LogP contribution in [0.15, 0.2) is 54.6 Å². The number of ether oxygens (including phenoxy) is 2. The van der Waals surface area contributed by atoms with Crippen LogP contribution in [0.5, 0.6) is 5.75 Å². The topological polar surface area (TPSA) is 53.4 Å². The molecule has 0 aliphatic carbocycles. The summed E-state index contributed by atoms with van der Waals surface area (Å²) in [7, 11) is 1.60. The van der Waals surface area contributed by atoms with Gasteiger partial charge in [-0.15, -0.1) is 0 Å². The van der Waals surface area contributed by atoms with Gasteiger partial charge < -0.3 is 9.47 Å². The molecule has 1 aromatic heterocycles. The molecule has 3 rings (SSSR count). The maximum absolute atomic E-state index is 12.5. The molecule has 0 N–H and O–H groups in total. The van der Waals surface area contributed by atoms with E-state index in [1.165, 1.54) is 0 Å². The summed E-state index contributed by atoms with van der Waals surface area (Å²) in [6, 6.07) is 17.1. The van der Waals surface area contributed by atoms with Gasteiger partial charge in [-0.25, -0.2) is 9.48 Å². The van der Waals surface area contributed by atoms with Crippen molar-refractivity contribution in [2.45, 2.75) is 20.1 Å². The summed E-state index contributed by atoms with van der Waals surface area (Å²) in [5, 5.41) is 4.65. The number of benzene rings is 2. The molecule has 0 aliphatic heterocycles. The van der Waals surface area contributed by atoms with E-state index in [0.717, 1.165) is 16.9 Å². The second-order valence-electron chi connectivity index (χ2n) is 5.82. The molecule has 5 nitrogen and oxygen atoms in total. The first-order chi connectivity index (χ1) is 12.6. The molecule has 0 aliphatic rings. The molecule has 1 heterocycles. The van der Waals surface area contributed by atoms with Crippen molar-refractivity contribution in [1.82, 2.24) is 9.78 Å². The highest BCUT2D eigenvalue weighted by atomic mass is 35.5. The second kappa shape index (κ2) is 8.06. The largest absolute Gasteiger partial charge is 0.497 e. The van der Waals surface area contributed by atoms with Crippen molar-refractivity contribution in [3.63, 3.8) is 0 Å². The Morgan fingerprint density at radius 1 is 1.08 bits per heavy atom. The molecule has 0 saturated heterocycles. The lowest BCUT2D eigenvalue weighted by molar-refractivity contribution is 0.0472. The molecule has 0 fully saturated rings. The van der Waals surface area contributed by atoms with Crippen molar-refractivity contribution in [3.05, 3.63) is 82.1 Å². The smallest absolute Gasteiger partial charge is 0.343 e. The van der Waals surface area contributed by atoms with Crippen LogP contribution >= 0.6 is 11.6 Å². The van der Waals surface area contributed by atoms with Crippen LogP contribution in [0.4, 0.5) is 0 Å². The number of carbonyl (C=O) groups is 1. The van der Waals surface area contributed by atoms with E-state index in [0.29, 0.717) is 17.8 Å². The molecule has 0 unspecified atom stereocenters. The van der Waals surface area contributed by atoms with E-state index in [9.17, 15) is 4.79 Å². The van der Waals surface area contributed by atoms with Crippen molar-refractivity contribution < 1.29 is 14.3 Å². The highest BCUT2D eigenvalue weighted by molar-refractivity contribution is 6.32. The minimum Gasteiger partial charge on any atom is -0.497 e. The Bertz CT molecular complexity index is 889. The molecule has 0 atom stereocenters. The van der Waals surface area contributed by atoms with Gasteiger partial charge in [-0.05, 0) is 30.2 Å². The maximum atomic E-state index is 12.5. The molecule has 0 bridgehead atoms. The molecule has 0 radical (unpaired) electrons. The fraction of sp³-hybridized carbons (Fsp3) is 0.200. The quantitative estimate of drug-likeness (QED) is 0.608. The summed E-state index contributed by atoms with van der Waals surface area (Å²) in [5.41, 5.74) is 2.77. The summed E-state index contributed by atoms with van der Waals surface area (Å²) >= 11 is 6.38. The number of aryl methyl sites for hydroxylation is 1. The molecule has 0 amide bonds. The molecule has 0 spiro atoms. The van der Waals surface area contributed by atoms with E-state index in [4.69, 9.17) is 21.1 Å². The number of aromatic nitrogens is 2. The number of halogens is 1. The van der Waals surface area contributed by atoms with Gasteiger partial charge >= 0.3 is 5.97 Å². The highest BCUT2D eigenvalue weighted by Gasteiger charge is 2.21. The van der Waals surface area contributed by atoms with E-state index in [-0.39, 0.29) is 11.8 Å². The van der Waals surface area contributed by atoms with Gasteiger partial charge in [0.25, 0.3) is 0 Å². The zero-order valence-corrected chi connectivity index (χ0v) is 15.4. The van der Waals surface area contributed by atoms with Crippen LogP contribution in [0, 0.1) is 6.92 Å². The standard InChI is InChI=1S/C20H19ClN2O3/c1-14-18(19(21)23(22-14)12-15-6-4-3-5-7-15)20(24)26-13-16-8-10-17(25-2)11-9-16/h3-11H,12-13H2,1-2H3. The number of esters is 1. The Labute approximate surface area is 157 Å². The van der Waals surface area contributed by atoms with Gasteiger partial charge in [0.2, 0.25) is 0 Å². The lowest BCUT2D eigenvalue weighted by atomic mass is 10.2. The number of methoxy groups -OCH3 is 1. The second-order valence-corrected chi connectivity index (χ2v) is 6.18. The minimum atomic E-state index is -0.484. The van der Waals surface area contributed by atoms with Gasteiger partial charge in [0.1, 0.15) is 23.1 Å². The maximum Gasteiger partial charge on any atom is 0.343 e. The van der Waals surface area contributed by atoms with Crippen molar-refractivity contribution in [3.8, 4) is 5.75 Å². The molecule has 3 aromatic rings. The van der Waals surface area contributed by atoms with Crippen LogP contribution in [0.1, 0.15) is 27.2 Å². The Hall–Kier alpha value is -2.79. The van der Waals surface area contributed by atoms with Crippen molar-refractivity contribution in [1.29, 1.82) is 0 Å². The lowest BCUT2D eigenvalue weighted by Gasteiger charge is -2.06. The Morgan fingerprint density at radius 2 is 1.77 bits per heavy atom. The average Bonchev–Trinajstić information content (AvgIpc) is 2.94. The SMILES string of the molecule is COc1ccc(COC(=O)c2c(C)nn(Cc3ccccc3)c2Cl)cc1. The minimum absolute atomic E-state index is 0.155. The third kappa shape index (κ3) is 4.06. The summed E-state index contributed by atoms with van der Waals surface area (Å²) in [6.45, 7) is 2.39. The first-order valence-electron chi connectivity index (χ1n) is 8.15. The zero-order valence-electron chi connectivity index (χ0n) is 14.6. The number of hydrogen-bond acceptors (Lipinski definition) is 4. The van der Waals surface area contributed by atoms with E-state index < -0.39 is 5.97 Å². The number of hydrogen-bond donors (Lipinski definition) is 0. The van der Waals surface area contributed by atoms with Gasteiger partial charge in [0, 0.05) is 0 Å². The first-order valence-corrected chi connectivity index (χ1v) is 8.53. The number of carbonyl (C=O) groups excluding carboxylic acids is 1. The van der Waals surface area contributed by atoms with Gasteiger partial charge in [0.05, 0.1) is 19.3 Å². The Balaban J connectivity index is 1.70. The normalized spacial score (nSPS) is 10.6. The molecular weight excluding hydrogens is 352 g/mol. The Kier molecular flexibility index (Phi) is 5.58. The monoisotopic (exact) mass is 370 g/mol. The fourth-order valence-corrected chi connectivity index (χ4v) is 2.90. The van der Waals surface area contributed by atoms with Gasteiger partial charge in [-0.1, -0.05) is 54.1 Å². The van der Waals surface area contributed by atoms with Gasteiger partial charge in [-0.2, -0.15) is 5.10 Å². The van der Waals surface area contributed by atoms with Gasteiger partial charge in [0.15, 0.2) is 0 Å². The highest BCUT2D eigenvalue weighted by Crippen LogP contribution is 2.22. The van der Waals surface area contributed by atoms with Crippen LogP contribution in [-0.4, -0.2) is 22.9 Å².